The highest BCUT2D eigenvalue weighted by molar-refractivity contribution is 5.99. The van der Waals surface area contributed by atoms with Crippen LogP contribution in [0.3, 0.4) is 0 Å². The van der Waals surface area contributed by atoms with Gasteiger partial charge in [0.25, 0.3) is 0 Å². The van der Waals surface area contributed by atoms with E-state index in [2.05, 4.69) is 17.4 Å². The van der Waals surface area contributed by atoms with Gasteiger partial charge in [0.2, 0.25) is 5.91 Å². The highest BCUT2D eigenvalue weighted by Gasteiger charge is 2.16. The number of amides is 1. The molecule has 16 heavy (non-hydrogen) atoms. The number of carbonyl (C=O) groups excluding carboxylic acids is 1. The van der Waals surface area contributed by atoms with Crippen LogP contribution < -0.4 is 5.32 Å². The van der Waals surface area contributed by atoms with Gasteiger partial charge in [0, 0.05) is 12.3 Å². The molecule has 0 saturated heterocycles. The summed E-state index contributed by atoms with van der Waals surface area (Å²) in [6.07, 6.45) is 4.58. The molecular formula is C13H17NO2. The van der Waals surface area contributed by atoms with Crippen LogP contribution in [0, 0.1) is 0 Å². The van der Waals surface area contributed by atoms with Gasteiger partial charge in [-0.05, 0) is 36.5 Å². The molecule has 2 N–H and O–H groups in total. The van der Waals surface area contributed by atoms with Crippen LogP contribution in [-0.4, -0.2) is 17.6 Å². The maximum atomic E-state index is 11.2. The van der Waals surface area contributed by atoms with Crippen molar-refractivity contribution in [2.45, 2.75) is 32.1 Å². The molecule has 0 saturated carbocycles. The summed E-state index contributed by atoms with van der Waals surface area (Å²) in [5.41, 5.74) is 3.36. The Kier molecular flexibility index (Phi) is 3.57. The predicted molar refractivity (Wildman–Crippen MR) is 63.4 cm³/mol. The Hall–Kier alpha value is -1.35. The summed E-state index contributed by atoms with van der Waals surface area (Å²) in [7, 11) is 0. The van der Waals surface area contributed by atoms with Gasteiger partial charge in [0.05, 0.1) is 6.42 Å². The number of nitrogens with one attached hydrogen (secondary N) is 1. The van der Waals surface area contributed by atoms with Gasteiger partial charge in [0.15, 0.2) is 0 Å². The highest BCUT2D eigenvalue weighted by atomic mass is 16.2. The molecule has 0 atom stereocenters. The largest absolute Gasteiger partial charge is 0.396 e. The zero-order valence-electron chi connectivity index (χ0n) is 9.33. The average molecular weight is 219 g/mol. The monoisotopic (exact) mass is 219 g/mol. The van der Waals surface area contributed by atoms with Crippen LogP contribution in [0.25, 0.3) is 0 Å². The van der Waals surface area contributed by atoms with Gasteiger partial charge >= 0.3 is 0 Å². The van der Waals surface area contributed by atoms with Gasteiger partial charge < -0.3 is 10.4 Å². The molecule has 0 aromatic heterocycles. The third-order valence-corrected chi connectivity index (χ3v) is 2.92. The predicted octanol–water partition coefficient (Wildman–Crippen LogP) is 1.89. The number of hydrogen-bond donors (Lipinski definition) is 2. The lowest BCUT2D eigenvalue weighted by molar-refractivity contribution is -0.115. The fraction of sp³-hybridized carbons (Fsp3) is 0.462. The first-order valence-electron chi connectivity index (χ1n) is 5.82. The number of hydrogen-bond acceptors (Lipinski definition) is 2. The minimum Gasteiger partial charge on any atom is -0.396 e. The van der Waals surface area contributed by atoms with Crippen molar-refractivity contribution >= 4 is 11.6 Å². The van der Waals surface area contributed by atoms with Crippen LogP contribution >= 0.6 is 0 Å². The van der Waals surface area contributed by atoms with Crippen molar-refractivity contribution in [2.24, 2.45) is 0 Å². The van der Waals surface area contributed by atoms with Gasteiger partial charge in [-0.25, -0.2) is 0 Å². The number of unbranched alkanes of at least 4 members (excludes halogenated alkanes) is 2. The van der Waals surface area contributed by atoms with E-state index < -0.39 is 0 Å². The van der Waals surface area contributed by atoms with Crippen LogP contribution in [0.5, 0.6) is 0 Å². The second-order valence-corrected chi connectivity index (χ2v) is 4.25. The van der Waals surface area contributed by atoms with Crippen molar-refractivity contribution in [2.75, 3.05) is 11.9 Å². The third kappa shape index (κ3) is 2.61. The number of aliphatic hydroxyl groups is 1. The Morgan fingerprint density at radius 3 is 2.94 bits per heavy atom. The number of aryl methyl sites for hydroxylation is 1. The number of fused-ring (bicyclic) bond motifs is 1. The second-order valence-electron chi connectivity index (χ2n) is 4.25. The first-order chi connectivity index (χ1) is 7.79. The normalized spacial score (nSPS) is 13.7. The smallest absolute Gasteiger partial charge is 0.228 e. The number of aliphatic hydroxyl groups excluding tert-OH is 1. The van der Waals surface area contributed by atoms with Gasteiger partial charge in [0.1, 0.15) is 0 Å². The fourth-order valence-electron chi connectivity index (χ4n) is 2.06. The lowest BCUT2D eigenvalue weighted by Crippen LogP contribution is -2.03. The van der Waals surface area contributed by atoms with E-state index in [1.165, 1.54) is 5.56 Å². The molecule has 1 aliphatic rings. The SMILES string of the molecule is O=C1Cc2cc(CCCCCO)ccc2N1. The van der Waals surface area contributed by atoms with E-state index in [1.807, 2.05) is 6.07 Å². The summed E-state index contributed by atoms with van der Waals surface area (Å²) in [5, 5.41) is 11.5. The maximum Gasteiger partial charge on any atom is 0.228 e. The molecule has 0 spiro atoms. The summed E-state index contributed by atoms with van der Waals surface area (Å²) in [6.45, 7) is 0.280. The van der Waals surface area contributed by atoms with Crippen LogP contribution in [0.15, 0.2) is 18.2 Å². The lowest BCUT2D eigenvalue weighted by atomic mass is 10.0. The Balaban J connectivity index is 1.92. The number of carbonyl (C=O) groups is 1. The van der Waals surface area contributed by atoms with Crippen LogP contribution in [0.4, 0.5) is 5.69 Å². The molecule has 3 nitrogen and oxygen atoms in total. The Morgan fingerprint density at radius 2 is 2.12 bits per heavy atom. The first kappa shape index (κ1) is 11.1. The standard InChI is InChI=1S/C13H17NO2/c15-7-3-1-2-4-10-5-6-12-11(8-10)9-13(16)14-12/h5-6,8,15H,1-4,7,9H2,(H,14,16). The number of benzene rings is 1. The van der Waals surface area contributed by atoms with Crippen molar-refractivity contribution in [3.63, 3.8) is 0 Å². The summed E-state index contributed by atoms with van der Waals surface area (Å²) in [6, 6.07) is 6.18. The summed E-state index contributed by atoms with van der Waals surface area (Å²) in [4.78, 5) is 11.2. The van der Waals surface area contributed by atoms with Crippen LogP contribution in [0.1, 0.15) is 30.4 Å². The van der Waals surface area contributed by atoms with Gasteiger partial charge in [-0.15, -0.1) is 0 Å². The van der Waals surface area contributed by atoms with Crippen LogP contribution in [0.2, 0.25) is 0 Å². The molecule has 1 aromatic rings. The molecular weight excluding hydrogens is 202 g/mol. The Labute approximate surface area is 95.5 Å². The van der Waals surface area contributed by atoms with Crippen molar-refractivity contribution < 1.29 is 9.90 Å². The molecule has 0 fully saturated rings. The molecule has 1 aliphatic heterocycles. The minimum absolute atomic E-state index is 0.0902. The quantitative estimate of drug-likeness (QED) is 0.743. The van der Waals surface area contributed by atoms with Gasteiger partial charge in [-0.1, -0.05) is 18.6 Å². The van der Waals surface area contributed by atoms with E-state index in [1.54, 1.807) is 0 Å². The Morgan fingerprint density at radius 1 is 1.25 bits per heavy atom. The van der Waals surface area contributed by atoms with Crippen molar-refractivity contribution in [1.29, 1.82) is 0 Å². The molecule has 1 heterocycles. The topological polar surface area (TPSA) is 49.3 Å². The summed E-state index contributed by atoms with van der Waals surface area (Å²) >= 11 is 0. The highest BCUT2D eigenvalue weighted by Crippen LogP contribution is 2.24. The zero-order chi connectivity index (χ0) is 11.4. The number of anilines is 1. The van der Waals surface area contributed by atoms with E-state index in [4.69, 9.17) is 5.11 Å². The number of rotatable bonds is 5. The minimum atomic E-state index is 0.0902. The molecule has 0 aliphatic carbocycles. The third-order valence-electron chi connectivity index (χ3n) is 2.92. The summed E-state index contributed by atoms with van der Waals surface area (Å²) in [5.74, 6) is 0.0902. The zero-order valence-corrected chi connectivity index (χ0v) is 9.33. The van der Waals surface area contributed by atoms with Crippen LogP contribution in [-0.2, 0) is 17.6 Å². The lowest BCUT2D eigenvalue weighted by Gasteiger charge is -2.04. The van der Waals surface area contributed by atoms with E-state index >= 15 is 0 Å². The first-order valence-corrected chi connectivity index (χ1v) is 5.82. The van der Waals surface area contributed by atoms with E-state index in [0.29, 0.717) is 6.42 Å². The second kappa shape index (κ2) is 5.12. The van der Waals surface area contributed by atoms with E-state index in [9.17, 15) is 4.79 Å². The average Bonchev–Trinajstić information content (AvgIpc) is 2.64. The molecule has 2 rings (SSSR count). The van der Waals surface area contributed by atoms with Crippen molar-refractivity contribution in [1.82, 2.24) is 0 Å². The molecule has 1 amide bonds. The Bertz CT molecular complexity index is 388. The van der Waals surface area contributed by atoms with E-state index in [0.717, 1.165) is 36.9 Å². The fourth-order valence-corrected chi connectivity index (χ4v) is 2.06. The molecule has 0 radical (unpaired) electrons. The maximum absolute atomic E-state index is 11.2. The van der Waals surface area contributed by atoms with Crippen molar-refractivity contribution in [3.8, 4) is 0 Å². The summed E-state index contributed by atoms with van der Waals surface area (Å²) < 4.78 is 0. The molecule has 1 aromatic carbocycles. The molecule has 3 heteroatoms. The van der Waals surface area contributed by atoms with Gasteiger partial charge in [-0.3, -0.25) is 4.79 Å². The molecule has 0 unspecified atom stereocenters. The van der Waals surface area contributed by atoms with Gasteiger partial charge in [-0.2, -0.15) is 0 Å². The molecule has 86 valence electrons. The van der Waals surface area contributed by atoms with E-state index in [-0.39, 0.29) is 12.5 Å². The molecule has 0 bridgehead atoms. The van der Waals surface area contributed by atoms with Crippen molar-refractivity contribution in [3.05, 3.63) is 29.3 Å².